The molecule has 8 heavy (non-hydrogen) atoms. The highest BCUT2D eigenvalue weighted by atomic mass is 31.0. The third kappa shape index (κ3) is 0.896. The first-order valence-corrected chi connectivity index (χ1v) is 3.32. The van der Waals surface area contributed by atoms with Crippen LogP contribution in [-0.4, -0.2) is 9.55 Å². The van der Waals surface area contributed by atoms with Gasteiger partial charge in [-0.25, -0.2) is 4.98 Å². The van der Waals surface area contributed by atoms with E-state index in [1.54, 1.807) is 6.20 Å². The third-order valence-electron chi connectivity index (χ3n) is 1.10. The fourth-order valence-electron chi connectivity index (χ4n) is 0.593. The molecular formula is C5H9N2P. The maximum absolute atomic E-state index is 4.08. The average Bonchev–Trinajstić information content (AvgIpc) is 2.14. The molecule has 1 aromatic rings. The van der Waals surface area contributed by atoms with Gasteiger partial charge in [0, 0.05) is 25.6 Å². The van der Waals surface area contributed by atoms with Crippen molar-refractivity contribution in [1.29, 1.82) is 0 Å². The lowest BCUT2D eigenvalue weighted by molar-refractivity contribution is 0.849. The summed E-state index contributed by atoms with van der Waals surface area (Å²) in [6.45, 7) is 0. The van der Waals surface area contributed by atoms with Crippen LogP contribution in [-0.2, 0) is 13.2 Å². The number of nitrogens with zero attached hydrogens (tertiary/aromatic N) is 2. The SMILES string of the molecule is Cn1ccnc1CP. The molecule has 0 aliphatic heterocycles. The molecule has 1 unspecified atom stereocenters. The van der Waals surface area contributed by atoms with Gasteiger partial charge in [-0.1, -0.05) is 0 Å². The normalized spacial score (nSPS) is 9.75. The second-order valence-electron chi connectivity index (χ2n) is 1.66. The predicted molar refractivity (Wildman–Crippen MR) is 36.6 cm³/mol. The summed E-state index contributed by atoms with van der Waals surface area (Å²) in [6, 6.07) is 0. The van der Waals surface area contributed by atoms with Crippen molar-refractivity contribution >= 4 is 9.24 Å². The summed E-state index contributed by atoms with van der Waals surface area (Å²) in [4.78, 5) is 4.08. The lowest BCUT2D eigenvalue weighted by Crippen LogP contribution is -1.91. The smallest absolute Gasteiger partial charge is 0.112 e. The molecule has 0 aromatic carbocycles. The zero-order chi connectivity index (χ0) is 5.98. The second-order valence-corrected chi connectivity index (χ2v) is 2.07. The number of aromatic nitrogens is 2. The fraction of sp³-hybridized carbons (Fsp3) is 0.400. The van der Waals surface area contributed by atoms with E-state index in [-0.39, 0.29) is 0 Å². The van der Waals surface area contributed by atoms with Crippen LogP contribution in [0.1, 0.15) is 5.82 Å². The Hall–Kier alpha value is -0.360. The molecule has 0 spiro atoms. The van der Waals surface area contributed by atoms with E-state index < -0.39 is 0 Å². The molecule has 0 fully saturated rings. The minimum Gasteiger partial charge on any atom is -0.338 e. The number of rotatable bonds is 1. The molecule has 0 amide bonds. The van der Waals surface area contributed by atoms with Gasteiger partial charge < -0.3 is 4.57 Å². The average molecular weight is 128 g/mol. The summed E-state index contributed by atoms with van der Waals surface area (Å²) in [5.74, 6) is 1.11. The zero-order valence-corrected chi connectivity index (χ0v) is 5.99. The molecule has 2 nitrogen and oxygen atoms in total. The summed E-state index contributed by atoms with van der Waals surface area (Å²) in [7, 11) is 4.63. The largest absolute Gasteiger partial charge is 0.338 e. The van der Waals surface area contributed by atoms with Gasteiger partial charge in [0.25, 0.3) is 0 Å². The summed E-state index contributed by atoms with van der Waals surface area (Å²) < 4.78 is 2.01. The lowest BCUT2D eigenvalue weighted by atomic mass is 10.7. The second kappa shape index (κ2) is 2.27. The van der Waals surface area contributed by atoms with Crippen LogP contribution in [0.25, 0.3) is 0 Å². The number of hydrogen-bond donors (Lipinski definition) is 0. The Balaban J connectivity index is 2.92. The van der Waals surface area contributed by atoms with Crippen LogP contribution in [0.15, 0.2) is 12.4 Å². The van der Waals surface area contributed by atoms with Crippen LogP contribution in [0.3, 0.4) is 0 Å². The molecule has 44 valence electrons. The summed E-state index contributed by atoms with van der Waals surface area (Å²) in [5.41, 5.74) is 0. The highest BCUT2D eigenvalue weighted by Crippen LogP contribution is 1.99. The van der Waals surface area contributed by atoms with Gasteiger partial charge in [-0.15, -0.1) is 9.24 Å². The molecule has 0 bridgehead atoms. The van der Waals surface area contributed by atoms with Crippen molar-refractivity contribution in [3.8, 4) is 0 Å². The van der Waals surface area contributed by atoms with Crippen molar-refractivity contribution in [2.75, 3.05) is 0 Å². The number of hydrogen-bond acceptors (Lipinski definition) is 1. The first-order valence-electron chi connectivity index (χ1n) is 2.51. The van der Waals surface area contributed by atoms with Gasteiger partial charge in [0.2, 0.25) is 0 Å². The number of aryl methyl sites for hydroxylation is 1. The third-order valence-corrected chi connectivity index (χ3v) is 1.47. The van der Waals surface area contributed by atoms with Crippen LogP contribution >= 0.6 is 9.24 Å². The Morgan fingerprint density at radius 1 is 1.88 bits per heavy atom. The van der Waals surface area contributed by atoms with Gasteiger partial charge >= 0.3 is 0 Å². The van der Waals surface area contributed by atoms with E-state index in [1.807, 2.05) is 17.8 Å². The van der Waals surface area contributed by atoms with E-state index in [0.29, 0.717) is 0 Å². The Kier molecular flexibility index (Phi) is 1.64. The highest BCUT2D eigenvalue weighted by Gasteiger charge is 1.90. The van der Waals surface area contributed by atoms with Crippen molar-refractivity contribution in [3.05, 3.63) is 18.2 Å². The van der Waals surface area contributed by atoms with Gasteiger partial charge in [-0.2, -0.15) is 0 Å². The fourth-order valence-corrected chi connectivity index (χ4v) is 0.987. The molecule has 3 heteroatoms. The highest BCUT2D eigenvalue weighted by molar-refractivity contribution is 7.15. The van der Waals surface area contributed by atoms with Crippen LogP contribution < -0.4 is 0 Å². The van der Waals surface area contributed by atoms with Crippen LogP contribution in [0.2, 0.25) is 0 Å². The van der Waals surface area contributed by atoms with E-state index in [0.717, 1.165) is 12.0 Å². The van der Waals surface area contributed by atoms with E-state index in [9.17, 15) is 0 Å². The molecule has 0 aliphatic carbocycles. The Morgan fingerprint density at radius 2 is 2.62 bits per heavy atom. The van der Waals surface area contributed by atoms with Crippen molar-refractivity contribution < 1.29 is 0 Å². The first-order chi connectivity index (χ1) is 3.84. The molecule has 1 heterocycles. The van der Waals surface area contributed by atoms with Gasteiger partial charge in [0.05, 0.1) is 0 Å². The first kappa shape index (κ1) is 5.77. The summed E-state index contributed by atoms with van der Waals surface area (Å²) >= 11 is 0. The zero-order valence-electron chi connectivity index (χ0n) is 4.83. The Labute approximate surface area is 51.1 Å². The molecule has 0 N–H and O–H groups in total. The van der Waals surface area contributed by atoms with E-state index >= 15 is 0 Å². The number of imidazole rings is 1. The lowest BCUT2D eigenvalue weighted by Gasteiger charge is -1.92. The summed E-state index contributed by atoms with van der Waals surface area (Å²) in [6.07, 6.45) is 4.68. The predicted octanol–water partition coefficient (Wildman–Crippen LogP) is 0.795. The molecule has 1 aromatic heterocycles. The van der Waals surface area contributed by atoms with Gasteiger partial charge in [0.15, 0.2) is 0 Å². The van der Waals surface area contributed by atoms with E-state index in [1.165, 1.54) is 0 Å². The van der Waals surface area contributed by atoms with Crippen molar-refractivity contribution in [2.24, 2.45) is 7.05 Å². The molecule has 0 saturated heterocycles. The molecular weight excluding hydrogens is 119 g/mol. The Morgan fingerprint density at radius 3 is 2.88 bits per heavy atom. The van der Waals surface area contributed by atoms with Gasteiger partial charge in [-0.05, 0) is 0 Å². The maximum Gasteiger partial charge on any atom is 0.112 e. The van der Waals surface area contributed by atoms with Crippen LogP contribution in [0, 0.1) is 0 Å². The van der Waals surface area contributed by atoms with Crippen molar-refractivity contribution in [3.63, 3.8) is 0 Å². The van der Waals surface area contributed by atoms with E-state index in [4.69, 9.17) is 0 Å². The minimum atomic E-state index is 0.934. The van der Waals surface area contributed by atoms with Crippen LogP contribution in [0.5, 0.6) is 0 Å². The van der Waals surface area contributed by atoms with Crippen molar-refractivity contribution in [1.82, 2.24) is 9.55 Å². The summed E-state index contributed by atoms with van der Waals surface area (Å²) in [5, 5.41) is 0. The molecule has 0 aliphatic rings. The monoisotopic (exact) mass is 128 g/mol. The Bertz CT molecular complexity index is 171. The van der Waals surface area contributed by atoms with Gasteiger partial charge in [0.1, 0.15) is 5.82 Å². The topological polar surface area (TPSA) is 17.8 Å². The molecule has 0 saturated carbocycles. The quantitative estimate of drug-likeness (QED) is 0.511. The van der Waals surface area contributed by atoms with Crippen LogP contribution in [0.4, 0.5) is 0 Å². The van der Waals surface area contributed by atoms with E-state index in [2.05, 4.69) is 14.2 Å². The van der Waals surface area contributed by atoms with Gasteiger partial charge in [-0.3, -0.25) is 0 Å². The maximum atomic E-state index is 4.08. The van der Waals surface area contributed by atoms with Crippen molar-refractivity contribution in [2.45, 2.75) is 6.16 Å². The molecule has 1 rings (SSSR count). The standard InChI is InChI=1S/C5H9N2P/c1-7-3-2-6-5(7)4-8/h2-3H,4,8H2,1H3. The molecule has 1 atom stereocenters. The molecule has 0 radical (unpaired) electrons. The minimum absolute atomic E-state index is 0.934.